The average Bonchev–Trinajstić information content (AvgIpc) is 2.39. The largest absolute Gasteiger partial charge is 0.478 e. The second-order valence-electron chi connectivity index (χ2n) is 4.88. The van der Waals surface area contributed by atoms with E-state index in [1.54, 1.807) is 18.2 Å². The summed E-state index contributed by atoms with van der Waals surface area (Å²) >= 11 is 6.16. The van der Waals surface area contributed by atoms with E-state index in [2.05, 4.69) is 0 Å². The Morgan fingerprint density at radius 1 is 1.47 bits per heavy atom. The zero-order valence-corrected chi connectivity index (χ0v) is 11.7. The lowest BCUT2D eigenvalue weighted by Gasteiger charge is -2.29. The smallest absolute Gasteiger partial charge is 0.337 e. The number of carbonyl (C=O) groups is 1. The van der Waals surface area contributed by atoms with Gasteiger partial charge < -0.3 is 14.7 Å². The zero-order valence-electron chi connectivity index (χ0n) is 10.9. The Morgan fingerprint density at radius 2 is 2.16 bits per heavy atom. The molecule has 1 N–H and O–H groups in total. The van der Waals surface area contributed by atoms with E-state index >= 15 is 0 Å². The van der Waals surface area contributed by atoms with E-state index in [-0.39, 0.29) is 5.56 Å². The topological polar surface area (TPSA) is 49.8 Å². The molecular weight excluding hydrogens is 266 g/mol. The minimum atomic E-state index is -0.948. The van der Waals surface area contributed by atoms with Crippen LogP contribution in [0.25, 0.3) is 0 Å². The van der Waals surface area contributed by atoms with Crippen LogP contribution in [0.2, 0.25) is 5.02 Å². The molecule has 1 heterocycles. The van der Waals surface area contributed by atoms with Crippen molar-refractivity contribution in [2.24, 2.45) is 5.92 Å². The molecule has 1 aliphatic heterocycles. The maximum atomic E-state index is 11.3. The van der Waals surface area contributed by atoms with Gasteiger partial charge in [0.15, 0.2) is 0 Å². The Labute approximate surface area is 117 Å². The van der Waals surface area contributed by atoms with Crippen LogP contribution in [0.5, 0.6) is 0 Å². The molecule has 5 heteroatoms. The minimum Gasteiger partial charge on any atom is -0.478 e. The van der Waals surface area contributed by atoms with Gasteiger partial charge in [-0.1, -0.05) is 17.7 Å². The first-order valence-corrected chi connectivity index (χ1v) is 6.78. The highest BCUT2D eigenvalue weighted by Gasteiger charge is 2.21. The zero-order chi connectivity index (χ0) is 13.8. The Morgan fingerprint density at radius 3 is 2.79 bits per heavy atom. The second-order valence-corrected chi connectivity index (χ2v) is 5.28. The third-order valence-corrected chi connectivity index (χ3v) is 3.78. The van der Waals surface area contributed by atoms with E-state index in [1.807, 2.05) is 11.9 Å². The molecule has 19 heavy (non-hydrogen) atoms. The summed E-state index contributed by atoms with van der Waals surface area (Å²) in [4.78, 5) is 13.2. The molecule has 0 bridgehead atoms. The molecule has 0 atom stereocenters. The highest BCUT2D eigenvalue weighted by molar-refractivity contribution is 6.34. The fourth-order valence-electron chi connectivity index (χ4n) is 2.48. The van der Waals surface area contributed by atoms with Crippen LogP contribution in [0, 0.1) is 5.92 Å². The van der Waals surface area contributed by atoms with Gasteiger partial charge in [-0.05, 0) is 30.9 Å². The Hall–Kier alpha value is -1.26. The summed E-state index contributed by atoms with van der Waals surface area (Å²) in [6.45, 7) is 2.37. The van der Waals surface area contributed by atoms with Crippen molar-refractivity contribution in [3.8, 4) is 0 Å². The van der Waals surface area contributed by atoms with Crippen molar-refractivity contribution in [3.63, 3.8) is 0 Å². The number of benzene rings is 1. The Balaban J connectivity index is 2.17. The van der Waals surface area contributed by atoms with Gasteiger partial charge in [-0.3, -0.25) is 0 Å². The van der Waals surface area contributed by atoms with Crippen LogP contribution >= 0.6 is 11.6 Å². The van der Waals surface area contributed by atoms with E-state index in [0.717, 1.165) is 32.6 Å². The van der Waals surface area contributed by atoms with Gasteiger partial charge in [0.25, 0.3) is 0 Å². The number of carboxylic acid groups (broad SMARTS) is 1. The van der Waals surface area contributed by atoms with Gasteiger partial charge in [-0.2, -0.15) is 0 Å². The summed E-state index contributed by atoms with van der Waals surface area (Å²) in [7, 11) is 1.89. The quantitative estimate of drug-likeness (QED) is 0.923. The Kier molecular flexibility index (Phi) is 4.66. The van der Waals surface area contributed by atoms with Crippen molar-refractivity contribution in [2.45, 2.75) is 12.8 Å². The number of hydrogen-bond donors (Lipinski definition) is 1. The molecule has 1 aromatic carbocycles. The molecule has 0 saturated carbocycles. The summed E-state index contributed by atoms with van der Waals surface area (Å²) in [5.41, 5.74) is 0.852. The summed E-state index contributed by atoms with van der Waals surface area (Å²) < 4.78 is 5.33. The van der Waals surface area contributed by atoms with Crippen molar-refractivity contribution in [1.82, 2.24) is 0 Å². The normalized spacial score (nSPS) is 16.3. The molecule has 0 unspecified atom stereocenters. The van der Waals surface area contributed by atoms with Crippen LogP contribution in [0.4, 0.5) is 5.69 Å². The molecule has 0 aliphatic carbocycles. The van der Waals surface area contributed by atoms with Gasteiger partial charge in [0, 0.05) is 26.8 Å². The molecule has 1 aromatic rings. The molecule has 0 spiro atoms. The number of hydrogen-bond acceptors (Lipinski definition) is 3. The Bertz CT molecular complexity index is 458. The molecule has 0 radical (unpaired) electrons. The summed E-state index contributed by atoms with van der Waals surface area (Å²) in [6.07, 6.45) is 2.02. The van der Waals surface area contributed by atoms with Gasteiger partial charge in [0.2, 0.25) is 0 Å². The molecule has 1 fully saturated rings. The number of anilines is 1. The standard InChI is InChI=1S/C14H18ClNO3/c1-16(9-10-5-7-19-8-6-10)13-11(14(17)18)3-2-4-12(13)15/h2-4,10H,5-9H2,1H3,(H,17,18). The molecule has 1 saturated heterocycles. The summed E-state index contributed by atoms with van der Waals surface area (Å²) in [6, 6.07) is 4.98. The first-order chi connectivity index (χ1) is 9.09. The molecule has 4 nitrogen and oxygen atoms in total. The fourth-order valence-corrected chi connectivity index (χ4v) is 2.80. The summed E-state index contributed by atoms with van der Waals surface area (Å²) in [5, 5.41) is 9.72. The van der Waals surface area contributed by atoms with Gasteiger partial charge in [0.05, 0.1) is 16.3 Å². The van der Waals surface area contributed by atoms with Crippen molar-refractivity contribution < 1.29 is 14.6 Å². The lowest BCUT2D eigenvalue weighted by molar-refractivity contribution is 0.0678. The number of ether oxygens (including phenoxy) is 1. The van der Waals surface area contributed by atoms with Crippen LogP contribution in [0.3, 0.4) is 0 Å². The number of aromatic carboxylic acids is 1. The van der Waals surface area contributed by atoms with E-state index in [1.165, 1.54) is 0 Å². The molecule has 1 aliphatic rings. The highest BCUT2D eigenvalue weighted by Crippen LogP contribution is 2.30. The first-order valence-electron chi connectivity index (χ1n) is 6.40. The second kappa shape index (κ2) is 6.26. The maximum Gasteiger partial charge on any atom is 0.337 e. The average molecular weight is 284 g/mol. The van der Waals surface area contributed by atoms with Gasteiger partial charge >= 0.3 is 5.97 Å². The third-order valence-electron chi connectivity index (χ3n) is 3.47. The van der Waals surface area contributed by atoms with E-state index in [0.29, 0.717) is 16.6 Å². The molecular formula is C14H18ClNO3. The van der Waals surface area contributed by atoms with Crippen LogP contribution < -0.4 is 4.90 Å². The monoisotopic (exact) mass is 283 g/mol. The predicted octanol–water partition coefficient (Wildman–Crippen LogP) is 2.90. The third kappa shape index (κ3) is 3.39. The van der Waals surface area contributed by atoms with Gasteiger partial charge in [0.1, 0.15) is 0 Å². The van der Waals surface area contributed by atoms with E-state index < -0.39 is 5.97 Å². The van der Waals surface area contributed by atoms with Crippen LogP contribution in [-0.2, 0) is 4.74 Å². The van der Waals surface area contributed by atoms with Crippen LogP contribution in [0.15, 0.2) is 18.2 Å². The number of rotatable bonds is 4. The minimum absolute atomic E-state index is 0.252. The highest BCUT2D eigenvalue weighted by atomic mass is 35.5. The fraction of sp³-hybridized carbons (Fsp3) is 0.500. The van der Waals surface area contributed by atoms with Crippen molar-refractivity contribution in [3.05, 3.63) is 28.8 Å². The predicted molar refractivity (Wildman–Crippen MR) is 75.2 cm³/mol. The van der Waals surface area contributed by atoms with Gasteiger partial charge in [-0.15, -0.1) is 0 Å². The lowest BCUT2D eigenvalue weighted by atomic mass is 9.99. The van der Waals surface area contributed by atoms with Crippen LogP contribution in [0.1, 0.15) is 23.2 Å². The van der Waals surface area contributed by atoms with E-state index in [9.17, 15) is 9.90 Å². The van der Waals surface area contributed by atoms with Crippen molar-refractivity contribution in [2.75, 3.05) is 31.7 Å². The van der Waals surface area contributed by atoms with E-state index in [4.69, 9.17) is 16.3 Å². The molecule has 2 rings (SSSR count). The summed E-state index contributed by atoms with van der Waals surface area (Å²) in [5.74, 6) is -0.423. The molecule has 0 amide bonds. The molecule has 104 valence electrons. The molecule has 0 aromatic heterocycles. The number of halogens is 1. The maximum absolute atomic E-state index is 11.3. The number of carboxylic acids is 1. The first kappa shape index (κ1) is 14.2. The van der Waals surface area contributed by atoms with Crippen LogP contribution in [-0.4, -0.2) is 37.9 Å². The number of nitrogens with zero attached hydrogens (tertiary/aromatic N) is 1. The number of para-hydroxylation sites is 1. The van der Waals surface area contributed by atoms with Crippen molar-refractivity contribution >= 4 is 23.3 Å². The van der Waals surface area contributed by atoms with Crippen molar-refractivity contribution in [1.29, 1.82) is 0 Å². The van der Waals surface area contributed by atoms with Gasteiger partial charge in [-0.25, -0.2) is 4.79 Å². The lowest BCUT2D eigenvalue weighted by Crippen LogP contribution is -2.30. The SMILES string of the molecule is CN(CC1CCOCC1)c1c(Cl)cccc1C(=O)O.